The number of amides is 1. The number of ether oxygens (including phenoxy) is 1. The van der Waals surface area contributed by atoms with Crippen molar-refractivity contribution >= 4 is 11.8 Å². The summed E-state index contributed by atoms with van der Waals surface area (Å²) in [7, 11) is 0. The van der Waals surface area contributed by atoms with E-state index >= 15 is 0 Å². The lowest BCUT2D eigenvalue weighted by Crippen LogP contribution is -2.17. The molecule has 0 bridgehead atoms. The van der Waals surface area contributed by atoms with Crippen molar-refractivity contribution in [3.63, 3.8) is 0 Å². The number of aryl methyl sites for hydroxylation is 1. The van der Waals surface area contributed by atoms with Crippen molar-refractivity contribution in [3.8, 4) is 11.8 Å². The molecule has 1 aromatic carbocycles. The van der Waals surface area contributed by atoms with Crippen molar-refractivity contribution in [2.45, 2.75) is 20.8 Å². The molecule has 1 aromatic rings. The summed E-state index contributed by atoms with van der Waals surface area (Å²) in [6, 6.07) is 5.61. The van der Waals surface area contributed by atoms with E-state index in [4.69, 9.17) is 10.5 Å². The molecule has 3 N–H and O–H groups in total. The van der Waals surface area contributed by atoms with Gasteiger partial charge in [-0.05, 0) is 30.5 Å². The van der Waals surface area contributed by atoms with E-state index in [1.165, 1.54) is 0 Å². The maximum atomic E-state index is 11.6. The average Bonchev–Trinajstić information content (AvgIpc) is 2.37. The Morgan fingerprint density at radius 2 is 2.21 bits per heavy atom. The van der Waals surface area contributed by atoms with Gasteiger partial charge in [0.05, 0.1) is 13.2 Å². The number of benzene rings is 1. The third-order valence-corrected chi connectivity index (χ3v) is 2.36. The summed E-state index contributed by atoms with van der Waals surface area (Å²) >= 11 is 0. The van der Waals surface area contributed by atoms with Crippen LogP contribution in [-0.4, -0.2) is 19.2 Å². The normalized spacial score (nSPS) is 9.74. The molecular formula is C15H20N2O2. The van der Waals surface area contributed by atoms with Crippen LogP contribution in [0.4, 0.5) is 10.5 Å². The molecule has 0 radical (unpaired) electrons. The van der Waals surface area contributed by atoms with Gasteiger partial charge < -0.3 is 10.5 Å². The molecule has 102 valence electrons. The predicted molar refractivity (Wildman–Crippen MR) is 76.9 cm³/mol. The molecule has 1 amide bonds. The Morgan fingerprint density at radius 1 is 1.47 bits per heavy atom. The molecule has 0 saturated carbocycles. The fraction of sp³-hybridized carbons (Fsp3) is 0.400. The van der Waals surface area contributed by atoms with Crippen molar-refractivity contribution < 1.29 is 9.53 Å². The smallest absolute Gasteiger partial charge is 0.411 e. The quantitative estimate of drug-likeness (QED) is 0.821. The minimum atomic E-state index is -0.444. The summed E-state index contributed by atoms with van der Waals surface area (Å²) in [6.07, 6.45) is -0.444. The third-order valence-electron chi connectivity index (χ3n) is 2.36. The van der Waals surface area contributed by atoms with E-state index in [1.807, 2.05) is 39.0 Å². The molecule has 0 aliphatic carbocycles. The van der Waals surface area contributed by atoms with Gasteiger partial charge in [0.2, 0.25) is 0 Å². The first-order valence-electron chi connectivity index (χ1n) is 6.26. The van der Waals surface area contributed by atoms with Crippen LogP contribution in [0.2, 0.25) is 0 Å². The van der Waals surface area contributed by atoms with Crippen LogP contribution in [-0.2, 0) is 4.74 Å². The van der Waals surface area contributed by atoms with E-state index in [1.54, 1.807) is 0 Å². The zero-order chi connectivity index (χ0) is 14.3. The summed E-state index contributed by atoms with van der Waals surface area (Å²) in [5.74, 6) is 6.02. The fourth-order valence-corrected chi connectivity index (χ4v) is 1.38. The van der Waals surface area contributed by atoms with Gasteiger partial charge in [-0.3, -0.25) is 5.32 Å². The Balaban J connectivity index is 2.74. The SMILES string of the molecule is Cc1ccc(C#CCN)cc1NC(=O)OCC(C)C. The van der Waals surface area contributed by atoms with Crippen LogP contribution in [0.1, 0.15) is 25.0 Å². The van der Waals surface area contributed by atoms with Gasteiger partial charge in [0.1, 0.15) is 0 Å². The van der Waals surface area contributed by atoms with Crippen LogP contribution < -0.4 is 11.1 Å². The van der Waals surface area contributed by atoms with Gasteiger partial charge in [0.25, 0.3) is 0 Å². The molecule has 0 aliphatic heterocycles. The van der Waals surface area contributed by atoms with Gasteiger partial charge in [-0.2, -0.15) is 0 Å². The standard InChI is InChI=1S/C15H20N2O2/c1-11(2)10-19-15(18)17-14-9-13(5-4-8-16)7-6-12(14)3/h6-7,9,11H,8,10,16H2,1-3H3,(H,17,18). The molecular weight excluding hydrogens is 240 g/mol. The maximum Gasteiger partial charge on any atom is 0.411 e. The predicted octanol–water partition coefficient (Wildman–Crippen LogP) is 2.51. The van der Waals surface area contributed by atoms with Crippen LogP contribution in [0.25, 0.3) is 0 Å². The van der Waals surface area contributed by atoms with E-state index in [9.17, 15) is 4.79 Å². The summed E-state index contributed by atoms with van der Waals surface area (Å²) in [5.41, 5.74) is 7.81. The van der Waals surface area contributed by atoms with Crippen molar-refractivity contribution in [3.05, 3.63) is 29.3 Å². The molecule has 4 nitrogen and oxygen atoms in total. The van der Waals surface area contributed by atoms with Crippen LogP contribution in [0.3, 0.4) is 0 Å². The number of carbonyl (C=O) groups is 1. The van der Waals surface area contributed by atoms with Gasteiger partial charge in [-0.25, -0.2) is 4.79 Å². The van der Waals surface area contributed by atoms with E-state index in [-0.39, 0.29) is 0 Å². The Bertz CT molecular complexity index is 499. The fourth-order valence-electron chi connectivity index (χ4n) is 1.38. The molecule has 0 heterocycles. The lowest BCUT2D eigenvalue weighted by molar-refractivity contribution is 0.147. The highest BCUT2D eigenvalue weighted by Gasteiger charge is 2.07. The molecule has 0 saturated heterocycles. The maximum absolute atomic E-state index is 11.6. The van der Waals surface area contributed by atoms with Crippen molar-refractivity contribution in [2.24, 2.45) is 11.7 Å². The summed E-state index contributed by atoms with van der Waals surface area (Å²) in [6.45, 7) is 6.60. The topological polar surface area (TPSA) is 64.3 Å². The highest BCUT2D eigenvalue weighted by atomic mass is 16.5. The number of hydrogen-bond acceptors (Lipinski definition) is 3. The van der Waals surface area contributed by atoms with E-state index in [0.29, 0.717) is 24.8 Å². The molecule has 4 heteroatoms. The van der Waals surface area contributed by atoms with Crippen molar-refractivity contribution in [2.75, 3.05) is 18.5 Å². The van der Waals surface area contributed by atoms with Gasteiger partial charge in [-0.1, -0.05) is 31.8 Å². The highest BCUT2D eigenvalue weighted by molar-refractivity contribution is 5.86. The van der Waals surface area contributed by atoms with E-state index in [2.05, 4.69) is 17.2 Å². The van der Waals surface area contributed by atoms with Gasteiger partial charge in [0, 0.05) is 11.3 Å². The van der Waals surface area contributed by atoms with Crippen molar-refractivity contribution in [1.29, 1.82) is 0 Å². The number of nitrogens with two attached hydrogens (primary N) is 1. The summed E-state index contributed by atoms with van der Waals surface area (Å²) < 4.78 is 5.08. The zero-order valence-electron chi connectivity index (χ0n) is 11.6. The monoisotopic (exact) mass is 260 g/mol. The number of hydrogen-bond donors (Lipinski definition) is 2. The number of anilines is 1. The minimum absolute atomic E-state index is 0.313. The second-order valence-electron chi connectivity index (χ2n) is 4.65. The molecule has 0 unspecified atom stereocenters. The highest BCUT2D eigenvalue weighted by Crippen LogP contribution is 2.16. The summed E-state index contributed by atoms with van der Waals surface area (Å²) in [4.78, 5) is 11.6. The van der Waals surface area contributed by atoms with Gasteiger partial charge >= 0.3 is 6.09 Å². The Hall–Kier alpha value is -1.99. The number of rotatable bonds is 3. The molecule has 19 heavy (non-hydrogen) atoms. The lowest BCUT2D eigenvalue weighted by atomic mass is 10.1. The molecule has 1 rings (SSSR count). The Labute approximate surface area is 114 Å². The zero-order valence-corrected chi connectivity index (χ0v) is 11.6. The molecule has 0 atom stereocenters. The number of carbonyl (C=O) groups excluding carboxylic acids is 1. The minimum Gasteiger partial charge on any atom is -0.449 e. The Morgan fingerprint density at radius 3 is 2.84 bits per heavy atom. The first kappa shape index (κ1) is 15.1. The second kappa shape index (κ2) is 7.45. The molecule has 0 aliphatic rings. The lowest BCUT2D eigenvalue weighted by Gasteiger charge is -2.11. The summed E-state index contributed by atoms with van der Waals surface area (Å²) in [5, 5.41) is 2.72. The van der Waals surface area contributed by atoms with E-state index in [0.717, 1.165) is 11.1 Å². The van der Waals surface area contributed by atoms with Crippen LogP contribution in [0, 0.1) is 24.7 Å². The molecule has 0 spiro atoms. The van der Waals surface area contributed by atoms with Gasteiger partial charge in [0.15, 0.2) is 0 Å². The first-order valence-corrected chi connectivity index (χ1v) is 6.26. The van der Waals surface area contributed by atoms with Crippen LogP contribution in [0.15, 0.2) is 18.2 Å². The van der Waals surface area contributed by atoms with E-state index < -0.39 is 6.09 Å². The van der Waals surface area contributed by atoms with Crippen LogP contribution in [0.5, 0.6) is 0 Å². The largest absolute Gasteiger partial charge is 0.449 e. The third kappa shape index (κ3) is 5.45. The molecule has 0 fully saturated rings. The van der Waals surface area contributed by atoms with Gasteiger partial charge in [-0.15, -0.1) is 0 Å². The Kier molecular flexibility index (Phi) is 5.91. The number of nitrogens with one attached hydrogen (secondary N) is 1. The first-order chi connectivity index (χ1) is 9.02. The van der Waals surface area contributed by atoms with Crippen molar-refractivity contribution in [1.82, 2.24) is 0 Å². The van der Waals surface area contributed by atoms with Crippen LogP contribution >= 0.6 is 0 Å². The average molecular weight is 260 g/mol. The second-order valence-corrected chi connectivity index (χ2v) is 4.65. The molecule has 0 aromatic heterocycles.